The average molecular weight is 439 g/mol. The van der Waals surface area contributed by atoms with E-state index in [1.807, 2.05) is 0 Å². The standard InChI is InChI=1S/C20H15ClN6O4/c21-14-7-5-13(6-8-14)16-11-18(29)23-20-24-19(25-26(16)20)22-17(28)9-4-12-2-1-3-15(10-12)27(30)31/h1-10,16H,11H2,(H2,22,23,24,25,28,29)/b9-4+. The molecule has 10 nitrogen and oxygen atoms in total. The van der Waals surface area contributed by atoms with Crippen LogP contribution in [0.15, 0.2) is 54.6 Å². The molecule has 0 saturated heterocycles. The molecule has 1 aliphatic heterocycles. The number of nitrogens with zero attached hydrogens (tertiary/aromatic N) is 4. The summed E-state index contributed by atoms with van der Waals surface area (Å²) in [4.78, 5) is 38.8. The van der Waals surface area contributed by atoms with E-state index in [0.29, 0.717) is 10.6 Å². The molecule has 0 radical (unpaired) electrons. The van der Waals surface area contributed by atoms with Gasteiger partial charge < -0.3 is 0 Å². The fourth-order valence-corrected chi connectivity index (χ4v) is 3.25. The summed E-state index contributed by atoms with van der Waals surface area (Å²) in [6, 6.07) is 12.5. The van der Waals surface area contributed by atoms with E-state index in [1.165, 1.54) is 35.0 Å². The third-order valence-corrected chi connectivity index (χ3v) is 4.81. The zero-order chi connectivity index (χ0) is 22.0. The van der Waals surface area contributed by atoms with Crippen molar-refractivity contribution >= 4 is 47.1 Å². The molecule has 2 heterocycles. The molecule has 1 aliphatic rings. The lowest BCUT2D eigenvalue weighted by molar-refractivity contribution is -0.384. The van der Waals surface area contributed by atoms with Gasteiger partial charge in [0.2, 0.25) is 11.9 Å². The van der Waals surface area contributed by atoms with Crippen molar-refractivity contribution in [2.24, 2.45) is 0 Å². The fraction of sp³-hybridized carbons (Fsp3) is 0.100. The van der Waals surface area contributed by atoms with Gasteiger partial charge in [-0.15, -0.1) is 5.10 Å². The SMILES string of the molecule is O=C(/C=C/c1cccc([N+](=O)[O-])c1)Nc1nc2n(n1)C(c1ccc(Cl)cc1)CC(=O)N2. The molecular formula is C20H15ClN6O4. The number of carbonyl (C=O) groups is 2. The van der Waals surface area contributed by atoms with Crippen molar-refractivity contribution in [2.45, 2.75) is 12.5 Å². The molecule has 2 amide bonds. The topological polar surface area (TPSA) is 132 Å². The Kier molecular flexibility index (Phi) is 5.46. The van der Waals surface area contributed by atoms with Gasteiger partial charge in [-0.05, 0) is 29.3 Å². The van der Waals surface area contributed by atoms with E-state index in [0.717, 1.165) is 5.56 Å². The lowest BCUT2D eigenvalue weighted by Gasteiger charge is -2.23. The van der Waals surface area contributed by atoms with Crippen molar-refractivity contribution in [1.82, 2.24) is 14.8 Å². The molecule has 1 atom stereocenters. The van der Waals surface area contributed by atoms with E-state index < -0.39 is 10.8 Å². The van der Waals surface area contributed by atoms with Gasteiger partial charge in [-0.25, -0.2) is 4.68 Å². The minimum absolute atomic E-state index is 0.0184. The number of hydrogen-bond donors (Lipinski definition) is 2. The zero-order valence-electron chi connectivity index (χ0n) is 15.9. The lowest BCUT2D eigenvalue weighted by atomic mass is 10.0. The second-order valence-electron chi connectivity index (χ2n) is 6.70. The van der Waals surface area contributed by atoms with Gasteiger partial charge in [0, 0.05) is 23.2 Å². The van der Waals surface area contributed by atoms with E-state index in [2.05, 4.69) is 20.7 Å². The third kappa shape index (κ3) is 4.59. The predicted molar refractivity (Wildman–Crippen MR) is 114 cm³/mol. The number of anilines is 2. The number of amides is 2. The van der Waals surface area contributed by atoms with Crippen LogP contribution in [0, 0.1) is 10.1 Å². The molecule has 1 unspecified atom stereocenters. The van der Waals surface area contributed by atoms with Crippen molar-refractivity contribution < 1.29 is 14.5 Å². The van der Waals surface area contributed by atoms with Crippen LogP contribution >= 0.6 is 11.6 Å². The molecule has 0 spiro atoms. The van der Waals surface area contributed by atoms with Gasteiger partial charge >= 0.3 is 0 Å². The van der Waals surface area contributed by atoms with Crippen LogP contribution in [0.25, 0.3) is 6.08 Å². The Hall–Kier alpha value is -4.05. The number of nitro benzene ring substituents is 1. The van der Waals surface area contributed by atoms with Gasteiger partial charge in [0.1, 0.15) is 0 Å². The van der Waals surface area contributed by atoms with Crippen LogP contribution in [0.2, 0.25) is 5.02 Å². The first-order valence-electron chi connectivity index (χ1n) is 9.14. The lowest BCUT2D eigenvalue weighted by Crippen LogP contribution is -2.29. The van der Waals surface area contributed by atoms with Crippen molar-refractivity contribution in [3.05, 3.63) is 80.9 Å². The molecule has 2 N–H and O–H groups in total. The molecule has 0 bridgehead atoms. The van der Waals surface area contributed by atoms with Crippen LogP contribution in [0.5, 0.6) is 0 Å². The molecule has 31 heavy (non-hydrogen) atoms. The van der Waals surface area contributed by atoms with Gasteiger partial charge in [0.05, 0.1) is 17.4 Å². The summed E-state index contributed by atoms with van der Waals surface area (Å²) >= 11 is 5.94. The van der Waals surface area contributed by atoms with Crippen molar-refractivity contribution in [1.29, 1.82) is 0 Å². The van der Waals surface area contributed by atoms with Crippen molar-refractivity contribution in [3.63, 3.8) is 0 Å². The smallest absolute Gasteiger partial charge is 0.270 e. The Morgan fingerprint density at radius 3 is 2.81 bits per heavy atom. The quantitative estimate of drug-likeness (QED) is 0.356. The average Bonchev–Trinajstić information content (AvgIpc) is 3.14. The first-order chi connectivity index (χ1) is 14.9. The van der Waals surface area contributed by atoms with Crippen LogP contribution in [0.4, 0.5) is 17.6 Å². The maximum absolute atomic E-state index is 12.2. The summed E-state index contributed by atoms with van der Waals surface area (Å²) in [5.74, 6) is -0.508. The number of non-ortho nitro benzene ring substituents is 1. The Morgan fingerprint density at radius 2 is 2.06 bits per heavy atom. The number of hydrogen-bond acceptors (Lipinski definition) is 6. The Balaban J connectivity index is 1.51. The Morgan fingerprint density at radius 1 is 1.29 bits per heavy atom. The van der Waals surface area contributed by atoms with Crippen molar-refractivity contribution in [3.8, 4) is 0 Å². The number of benzene rings is 2. The fourth-order valence-electron chi connectivity index (χ4n) is 3.13. The predicted octanol–water partition coefficient (Wildman–Crippen LogP) is 3.42. The van der Waals surface area contributed by atoms with Gasteiger partial charge in [0.25, 0.3) is 17.5 Å². The summed E-state index contributed by atoms with van der Waals surface area (Å²) in [5.41, 5.74) is 1.25. The minimum atomic E-state index is -0.524. The highest BCUT2D eigenvalue weighted by atomic mass is 35.5. The van der Waals surface area contributed by atoms with Gasteiger partial charge in [-0.1, -0.05) is 35.9 Å². The van der Waals surface area contributed by atoms with Crippen LogP contribution in [-0.2, 0) is 9.59 Å². The molecule has 2 aromatic carbocycles. The van der Waals surface area contributed by atoms with E-state index in [9.17, 15) is 19.7 Å². The Labute approximate surface area is 180 Å². The van der Waals surface area contributed by atoms with Crippen LogP contribution in [-0.4, -0.2) is 31.5 Å². The van der Waals surface area contributed by atoms with Crippen molar-refractivity contribution in [2.75, 3.05) is 10.6 Å². The number of fused-ring (bicyclic) bond motifs is 1. The molecule has 3 aromatic rings. The second kappa shape index (κ2) is 8.36. The molecule has 1 aromatic heterocycles. The molecule has 156 valence electrons. The van der Waals surface area contributed by atoms with Crippen LogP contribution < -0.4 is 10.6 Å². The molecule has 0 saturated carbocycles. The summed E-state index contributed by atoms with van der Waals surface area (Å²) in [5, 5.41) is 20.9. The number of nitrogens with one attached hydrogen (secondary N) is 2. The maximum atomic E-state index is 12.2. The second-order valence-corrected chi connectivity index (χ2v) is 7.13. The highest BCUT2D eigenvalue weighted by Crippen LogP contribution is 2.30. The maximum Gasteiger partial charge on any atom is 0.270 e. The molecule has 4 rings (SSSR count). The summed E-state index contributed by atoms with van der Waals surface area (Å²) in [6.07, 6.45) is 2.82. The van der Waals surface area contributed by atoms with Crippen LogP contribution in [0.1, 0.15) is 23.6 Å². The number of rotatable bonds is 5. The third-order valence-electron chi connectivity index (χ3n) is 4.55. The monoisotopic (exact) mass is 438 g/mol. The largest absolute Gasteiger partial charge is 0.295 e. The summed E-state index contributed by atoms with van der Waals surface area (Å²) in [7, 11) is 0. The summed E-state index contributed by atoms with van der Waals surface area (Å²) < 4.78 is 1.53. The normalized spacial score (nSPS) is 15.4. The minimum Gasteiger partial charge on any atom is -0.295 e. The number of nitro groups is 1. The summed E-state index contributed by atoms with van der Waals surface area (Å²) in [6.45, 7) is 0. The zero-order valence-corrected chi connectivity index (χ0v) is 16.6. The molecular weight excluding hydrogens is 424 g/mol. The van der Waals surface area contributed by atoms with Crippen LogP contribution in [0.3, 0.4) is 0 Å². The van der Waals surface area contributed by atoms with E-state index in [1.54, 1.807) is 30.3 Å². The highest BCUT2D eigenvalue weighted by molar-refractivity contribution is 6.30. The van der Waals surface area contributed by atoms with E-state index in [-0.39, 0.29) is 36.0 Å². The number of halogens is 1. The number of carbonyl (C=O) groups excluding carboxylic acids is 2. The van der Waals surface area contributed by atoms with E-state index >= 15 is 0 Å². The first kappa shape index (κ1) is 20.2. The van der Waals surface area contributed by atoms with Gasteiger partial charge in [-0.3, -0.25) is 30.3 Å². The Bertz CT molecular complexity index is 1200. The molecule has 11 heteroatoms. The van der Waals surface area contributed by atoms with Gasteiger partial charge in [-0.2, -0.15) is 4.98 Å². The molecule has 0 fully saturated rings. The van der Waals surface area contributed by atoms with E-state index in [4.69, 9.17) is 11.6 Å². The highest BCUT2D eigenvalue weighted by Gasteiger charge is 2.29. The molecule has 0 aliphatic carbocycles. The van der Waals surface area contributed by atoms with Gasteiger partial charge in [0.15, 0.2) is 0 Å². The number of aromatic nitrogens is 3. The first-order valence-corrected chi connectivity index (χ1v) is 9.52.